The molecule has 1 amide bonds. The lowest BCUT2D eigenvalue weighted by Gasteiger charge is -2.01. The van der Waals surface area contributed by atoms with Crippen LogP contribution in [0.2, 0.25) is 0 Å². The lowest BCUT2D eigenvalue weighted by Crippen LogP contribution is -2.19. The minimum Gasteiger partial charge on any atom is -0.508 e. The van der Waals surface area contributed by atoms with Gasteiger partial charge in [0.1, 0.15) is 17.0 Å². The third kappa shape index (κ3) is 2.91. The van der Waals surface area contributed by atoms with E-state index in [2.05, 4.69) is 22.7 Å². The second kappa shape index (κ2) is 6.37. The van der Waals surface area contributed by atoms with E-state index >= 15 is 0 Å². The predicted molar refractivity (Wildman–Crippen MR) is 102 cm³/mol. The number of furan rings is 1. The summed E-state index contributed by atoms with van der Waals surface area (Å²) in [6.45, 7) is 1.77. The Morgan fingerprint density at radius 2 is 1.77 bits per heavy atom. The molecule has 0 atom stereocenters. The van der Waals surface area contributed by atoms with Crippen LogP contribution in [0.15, 0.2) is 76.2 Å². The lowest BCUT2D eigenvalue weighted by atomic mass is 10.1. The summed E-state index contributed by atoms with van der Waals surface area (Å²) >= 11 is 0. The first-order chi connectivity index (χ1) is 12.6. The molecule has 0 aliphatic rings. The van der Waals surface area contributed by atoms with Gasteiger partial charge in [0.25, 0.3) is 5.91 Å². The van der Waals surface area contributed by atoms with Crippen molar-refractivity contribution in [1.82, 2.24) is 5.43 Å². The van der Waals surface area contributed by atoms with Crippen LogP contribution in [0.5, 0.6) is 5.75 Å². The largest absolute Gasteiger partial charge is 0.508 e. The molecule has 0 spiro atoms. The Hall–Kier alpha value is -3.60. The van der Waals surface area contributed by atoms with E-state index in [4.69, 9.17) is 4.42 Å². The SMILES string of the molecule is C/C(=N/NC(=O)c1ccc(O)cc1)c1cc2c(ccc3ccccc32)o1. The number of hydrogen-bond acceptors (Lipinski definition) is 4. The van der Waals surface area contributed by atoms with Gasteiger partial charge in [-0.25, -0.2) is 5.43 Å². The third-order valence-corrected chi connectivity index (χ3v) is 4.24. The second-order valence-corrected chi connectivity index (χ2v) is 5.99. The minimum atomic E-state index is -0.356. The topological polar surface area (TPSA) is 74.8 Å². The number of carbonyl (C=O) groups excluding carboxylic acids is 1. The number of aromatic hydroxyl groups is 1. The highest BCUT2D eigenvalue weighted by Gasteiger charge is 2.10. The van der Waals surface area contributed by atoms with E-state index in [0.717, 1.165) is 21.7 Å². The van der Waals surface area contributed by atoms with E-state index in [0.29, 0.717) is 17.0 Å². The van der Waals surface area contributed by atoms with Crippen LogP contribution in [0.4, 0.5) is 0 Å². The number of nitrogens with zero attached hydrogens (tertiary/aromatic N) is 1. The van der Waals surface area contributed by atoms with Gasteiger partial charge in [-0.2, -0.15) is 5.10 Å². The van der Waals surface area contributed by atoms with Crippen molar-refractivity contribution in [2.24, 2.45) is 5.10 Å². The Morgan fingerprint density at radius 1 is 1.00 bits per heavy atom. The summed E-state index contributed by atoms with van der Waals surface area (Å²) in [5, 5.41) is 16.7. The van der Waals surface area contributed by atoms with Crippen LogP contribution in [-0.2, 0) is 0 Å². The first kappa shape index (κ1) is 15.9. The molecule has 0 radical (unpaired) electrons. The van der Waals surface area contributed by atoms with Gasteiger partial charge in [0, 0.05) is 10.9 Å². The molecular weight excluding hydrogens is 328 g/mol. The molecule has 4 rings (SSSR count). The zero-order chi connectivity index (χ0) is 18.1. The highest BCUT2D eigenvalue weighted by Crippen LogP contribution is 2.28. The van der Waals surface area contributed by atoms with E-state index in [9.17, 15) is 9.90 Å². The Balaban J connectivity index is 1.62. The van der Waals surface area contributed by atoms with E-state index in [-0.39, 0.29) is 11.7 Å². The second-order valence-electron chi connectivity index (χ2n) is 5.99. The molecule has 0 saturated carbocycles. The molecule has 1 heterocycles. The molecule has 0 aliphatic carbocycles. The van der Waals surface area contributed by atoms with Gasteiger partial charge in [0.2, 0.25) is 0 Å². The lowest BCUT2D eigenvalue weighted by molar-refractivity contribution is 0.0955. The Bertz CT molecular complexity index is 1140. The number of phenols is 1. The normalized spacial score (nSPS) is 11.8. The molecule has 128 valence electrons. The molecule has 0 bridgehead atoms. The zero-order valence-corrected chi connectivity index (χ0v) is 14.1. The number of fused-ring (bicyclic) bond motifs is 3. The first-order valence-electron chi connectivity index (χ1n) is 8.17. The monoisotopic (exact) mass is 344 g/mol. The van der Waals surface area contributed by atoms with Gasteiger partial charge in [0.05, 0.1) is 0 Å². The van der Waals surface area contributed by atoms with Crippen molar-refractivity contribution < 1.29 is 14.3 Å². The number of nitrogens with one attached hydrogen (secondary N) is 1. The van der Waals surface area contributed by atoms with Crippen molar-refractivity contribution in [3.63, 3.8) is 0 Å². The smallest absolute Gasteiger partial charge is 0.271 e. The molecule has 5 heteroatoms. The number of amides is 1. The fraction of sp³-hybridized carbons (Fsp3) is 0.0476. The molecule has 3 aromatic carbocycles. The average molecular weight is 344 g/mol. The van der Waals surface area contributed by atoms with Gasteiger partial charge in [-0.3, -0.25) is 4.79 Å². The summed E-state index contributed by atoms with van der Waals surface area (Å²) in [4.78, 5) is 12.1. The van der Waals surface area contributed by atoms with Crippen molar-refractivity contribution in [2.75, 3.05) is 0 Å². The van der Waals surface area contributed by atoms with Crippen molar-refractivity contribution in [3.8, 4) is 5.75 Å². The Morgan fingerprint density at radius 3 is 2.58 bits per heavy atom. The van der Waals surface area contributed by atoms with E-state index < -0.39 is 0 Å². The zero-order valence-electron chi connectivity index (χ0n) is 14.1. The minimum absolute atomic E-state index is 0.107. The standard InChI is InChI=1S/C21H16N2O3/c1-13(22-23-21(25)15-6-9-16(24)10-7-15)20-12-18-17-5-3-2-4-14(17)8-11-19(18)26-20/h2-12,24H,1H3,(H,23,25)/b22-13-. The van der Waals surface area contributed by atoms with Crippen LogP contribution < -0.4 is 5.43 Å². The number of hydrazone groups is 1. The fourth-order valence-electron chi connectivity index (χ4n) is 2.84. The number of rotatable bonds is 3. The molecule has 0 aliphatic heterocycles. The number of phenolic OH excluding ortho intramolecular Hbond substituents is 1. The van der Waals surface area contributed by atoms with Gasteiger partial charge in [0.15, 0.2) is 5.76 Å². The highest BCUT2D eigenvalue weighted by molar-refractivity contribution is 6.09. The van der Waals surface area contributed by atoms with E-state index in [1.54, 1.807) is 6.92 Å². The summed E-state index contributed by atoms with van der Waals surface area (Å²) in [5.41, 5.74) is 4.26. The Labute approximate surface area is 149 Å². The first-order valence-corrected chi connectivity index (χ1v) is 8.17. The summed E-state index contributed by atoms with van der Waals surface area (Å²) in [5.74, 6) is 0.351. The maximum absolute atomic E-state index is 12.1. The third-order valence-electron chi connectivity index (χ3n) is 4.24. The van der Waals surface area contributed by atoms with Crippen LogP contribution in [0.1, 0.15) is 23.0 Å². The molecule has 0 fully saturated rings. The van der Waals surface area contributed by atoms with Crippen LogP contribution in [0.25, 0.3) is 21.7 Å². The molecule has 26 heavy (non-hydrogen) atoms. The molecule has 2 N–H and O–H groups in total. The van der Waals surface area contributed by atoms with Crippen LogP contribution >= 0.6 is 0 Å². The van der Waals surface area contributed by atoms with Crippen LogP contribution in [-0.4, -0.2) is 16.7 Å². The highest BCUT2D eigenvalue weighted by atomic mass is 16.3. The summed E-state index contributed by atoms with van der Waals surface area (Å²) in [6.07, 6.45) is 0. The fourth-order valence-corrected chi connectivity index (χ4v) is 2.84. The molecule has 0 unspecified atom stereocenters. The predicted octanol–water partition coefficient (Wildman–Crippen LogP) is 4.45. The Kier molecular flexibility index (Phi) is 3.89. The van der Waals surface area contributed by atoms with Crippen molar-refractivity contribution in [2.45, 2.75) is 6.92 Å². The summed E-state index contributed by atoms with van der Waals surface area (Å²) in [7, 11) is 0. The van der Waals surface area contributed by atoms with Gasteiger partial charge in [-0.15, -0.1) is 0 Å². The van der Waals surface area contributed by atoms with Crippen LogP contribution in [0, 0.1) is 0 Å². The van der Waals surface area contributed by atoms with Gasteiger partial charge >= 0.3 is 0 Å². The number of benzene rings is 3. The van der Waals surface area contributed by atoms with Crippen molar-refractivity contribution in [1.29, 1.82) is 0 Å². The van der Waals surface area contributed by atoms with Gasteiger partial charge in [-0.05, 0) is 54.1 Å². The van der Waals surface area contributed by atoms with E-state index in [1.165, 1.54) is 24.3 Å². The number of carbonyl (C=O) groups is 1. The molecule has 1 aromatic heterocycles. The van der Waals surface area contributed by atoms with Gasteiger partial charge < -0.3 is 9.52 Å². The van der Waals surface area contributed by atoms with Crippen molar-refractivity contribution >= 4 is 33.4 Å². The molecule has 4 aromatic rings. The van der Waals surface area contributed by atoms with Crippen LogP contribution in [0.3, 0.4) is 0 Å². The molecule has 0 saturated heterocycles. The van der Waals surface area contributed by atoms with Gasteiger partial charge in [-0.1, -0.05) is 30.3 Å². The van der Waals surface area contributed by atoms with Crippen molar-refractivity contribution in [3.05, 3.63) is 78.1 Å². The molecule has 5 nitrogen and oxygen atoms in total. The maximum atomic E-state index is 12.1. The number of hydrogen-bond donors (Lipinski definition) is 2. The summed E-state index contributed by atoms with van der Waals surface area (Å²) < 4.78 is 5.88. The quantitative estimate of drug-likeness (QED) is 0.426. The summed E-state index contributed by atoms with van der Waals surface area (Å²) in [6, 6.07) is 20.0. The van der Waals surface area contributed by atoms with E-state index in [1.807, 2.05) is 30.3 Å². The average Bonchev–Trinajstić information content (AvgIpc) is 3.11. The molecular formula is C21H16N2O3. The maximum Gasteiger partial charge on any atom is 0.271 e.